The minimum absolute atomic E-state index is 0.141. The molecule has 1 saturated heterocycles. The van der Waals surface area contributed by atoms with Crippen LogP contribution < -0.4 is 9.64 Å². The van der Waals surface area contributed by atoms with Crippen molar-refractivity contribution in [2.24, 2.45) is 0 Å². The van der Waals surface area contributed by atoms with Crippen molar-refractivity contribution in [1.82, 2.24) is 4.90 Å². The average Bonchev–Trinajstić information content (AvgIpc) is 2.47. The van der Waals surface area contributed by atoms with E-state index >= 15 is 0 Å². The minimum atomic E-state index is -0.141. The van der Waals surface area contributed by atoms with Gasteiger partial charge in [0.2, 0.25) is 0 Å². The second-order valence-electron chi connectivity index (χ2n) is 6.32. The van der Waals surface area contributed by atoms with Crippen LogP contribution in [0.25, 0.3) is 0 Å². The van der Waals surface area contributed by atoms with E-state index in [2.05, 4.69) is 37.5 Å². The van der Waals surface area contributed by atoms with Gasteiger partial charge in [0.1, 0.15) is 11.6 Å². The van der Waals surface area contributed by atoms with Crippen LogP contribution in [0.3, 0.4) is 0 Å². The zero-order valence-corrected chi connectivity index (χ0v) is 13.8. The molecule has 1 aromatic rings. The van der Waals surface area contributed by atoms with Gasteiger partial charge in [0.25, 0.3) is 0 Å². The number of rotatable bonds is 4. The Morgan fingerprint density at radius 2 is 1.67 bits per heavy atom. The maximum atomic E-state index is 14.5. The molecule has 1 heterocycles. The zero-order valence-electron chi connectivity index (χ0n) is 13.8. The molecule has 0 saturated carbocycles. The summed E-state index contributed by atoms with van der Waals surface area (Å²) in [6.07, 6.45) is 0. The van der Waals surface area contributed by atoms with Crippen LogP contribution in [0.2, 0.25) is 0 Å². The highest BCUT2D eigenvalue weighted by Crippen LogP contribution is 2.33. The molecule has 0 aliphatic carbocycles. The van der Waals surface area contributed by atoms with E-state index in [-0.39, 0.29) is 11.7 Å². The maximum Gasteiger partial charge on any atom is 0.147 e. The zero-order chi connectivity index (χ0) is 15.6. The highest BCUT2D eigenvalue weighted by Gasteiger charge is 2.22. The average molecular weight is 294 g/mol. The fourth-order valence-electron chi connectivity index (χ4n) is 2.91. The lowest BCUT2D eigenvalue weighted by atomic mass is 10.0. The van der Waals surface area contributed by atoms with Gasteiger partial charge in [0.15, 0.2) is 0 Å². The van der Waals surface area contributed by atoms with Crippen LogP contribution in [-0.2, 0) is 0 Å². The van der Waals surface area contributed by atoms with E-state index in [9.17, 15) is 4.39 Å². The SMILES string of the molecule is COc1cc(N2CCN(C(C)C)CC2)c(F)cc1C(C)C. The molecule has 1 aliphatic heterocycles. The predicted molar refractivity (Wildman–Crippen MR) is 86.0 cm³/mol. The number of halogens is 1. The molecule has 0 N–H and O–H groups in total. The van der Waals surface area contributed by atoms with E-state index in [1.165, 1.54) is 0 Å². The third kappa shape index (κ3) is 3.49. The van der Waals surface area contributed by atoms with Gasteiger partial charge in [-0.2, -0.15) is 0 Å². The summed E-state index contributed by atoms with van der Waals surface area (Å²) in [6.45, 7) is 12.2. The molecule has 118 valence electrons. The van der Waals surface area contributed by atoms with Crippen molar-refractivity contribution in [2.45, 2.75) is 39.7 Å². The van der Waals surface area contributed by atoms with Crippen LogP contribution in [0.1, 0.15) is 39.2 Å². The molecule has 0 aromatic heterocycles. The van der Waals surface area contributed by atoms with Crippen LogP contribution in [0.4, 0.5) is 10.1 Å². The number of nitrogens with zero attached hydrogens (tertiary/aromatic N) is 2. The molecule has 0 amide bonds. The molecule has 21 heavy (non-hydrogen) atoms. The molecule has 3 nitrogen and oxygen atoms in total. The van der Waals surface area contributed by atoms with Crippen molar-refractivity contribution >= 4 is 5.69 Å². The first kappa shape index (κ1) is 16.1. The summed E-state index contributed by atoms with van der Waals surface area (Å²) < 4.78 is 19.9. The van der Waals surface area contributed by atoms with Gasteiger partial charge in [0, 0.05) is 38.3 Å². The lowest BCUT2D eigenvalue weighted by Crippen LogP contribution is -2.49. The van der Waals surface area contributed by atoms with Crippen molar-refractivity contribution in [3.05, 3.63) is 23.5 Å². The van der Waals surface area contributed by atoms with Crippen molar-refractivity contribution in [3.63, 3.8) is 0 Å². The largest absolute Gasteiger partial charge is 0.496 e. The first-order valence-corrected chi connectivity index (χ1v) is 7.80. The monoisotopic (exact) mass is 294 g/mol. The van der Waals surface area contributed by atoms with E-state index < -0.39 is 0 Å². The Labute approximate surface area is 127 Å². The molecule has 0 spiro atoms. The quantitative estimate of drug-likeness (QED) is 0.845. The number of methoxy groups -OCH3 is 1. The van der Waals surface area contributed by atoms with Gasteiger partial charge in [-0.05, 0) is 31.4 Å². The van der Waals surface area contributed by atoms with Crippen molar-refractivity contribution in [2.75, 3.05) is 38.2 Å². The van der Waals surface area contributed by atoms with Gasteiger partial charge >= 0.3 is 0 Å². The maximum absolute atomic E-state index is 14.5. The van der Waals surface area contributed by atoms with Crippen LogP contribution >= 0.6 is 0 Å². The number of anilines is 1. The van der Waals surface area contributed by atoms with Gasteiger partial charge < -0.3 is 9.64 Å². The van der Waals surface area contributed by atoms with E-state index in [0.717, 1.165) is 37.5 Å². The standard InChI is InChI=1S/C17H27FN2O/c1-12(2)14-10-15(18)16(11-17(14)21-5)20-8-6-19(7-9-20)13(3)4/h10-13H,6-9H2,1-5H3. The van der Waals surface area contributed by atoms with Crippen molar-refractivity contribution in [3.8, 4) is 5.75 Å². The first-order valence-electron chi connectivity index (χ1n) is 7.80. The topological polar surface area (TPSA) is 15.7 Å². The summed E-state index contributed by atoms with van der Waals surface area (Å²) in [5.74, 6) is 0.895. The third-order valence-corrected chi connectivity index (χ3v) is 4.31. The van der Waals surface area contributed by atoms with Crippen molar-refractivity contribution < 1.29 is 9.13 Å². The Hall–Kier alpha value is -1.29. The van der Waals surface area contributed by atoms with Gasteiger partial charge in [0.05, 0.1) is 12.8 Å². The predicted octanol–water partition coefficient (Wildman–Crippen LogP) is 3.49. The smallest absolute Gasteiger partial charge is 0.147 e. The molecule has 0 radical (unpaired) electrons. The Morgan fingerprint density at radius 1 is 1.05 bits per heavy atom. The van der Waals surface area contributed by atoms with Gasteiger partial charge in [-0.3, -0.25) is 4.90 Å². The fraction of sp³-hybridized carbons (Fsp3) is 0.647. The van der Waals surface area contributed by atoms with E-state index in [1.54, 1.807) is 13.2 Å². The van der Waals surface area contributed by atoms with Crippen LogP contribution in [0.5, 0.6) is 5.75 Å². The lowest BCUT2D eigenvalue weighted by Gasteiger charge is -2.38. The van der Waals surface area contributed by atoms with E-state index in [0.29, 0.717) is 11.7 Å². The molecule has 2 rings (SSSR count). The second-order valence-corrected chi connectivity index (χ2v) is 6.32. The third-order valence-electron chi connectivity index (χ3n) is 4.31. The summed E-state index contributed by atoms with van der Waals surface area (Å²) >= 11 is 0. The molecule has 0 unspecified atom stereocenters. The fourth-order valence-corrected chi connectivity index (χ4v) is 2.91. The van der Waals surface area contributed by atoms with Gasteiger partial charge in [-0.15, -0.1) is 0 Å². The highest BCUT2D eigenvalue weighted by atomic mass is 19.1. The molecule has 0 bridgehead atoms. The molecule has 1 aliphatic rings. The first-order chi connectivity index (χ1) is 9.93. The number of hydrogen-bond donors (Lipinski definition) is 0. The molecule has 0 atom stereocenters. The number of ether oxygens (including phenoxy) is 1. The Kier molecular flexibility index (Phi) is 5.09. The van der Waals surface area contributed by atoms with Gasteiger partial charge in [-0.25, -0.2) is 4.39 Å². The van der Waals surface area contributed by atoms with E-state index in [1.807, 2.05) is 6.07 Å². The Balaban J connectivity index is 2.21. The lowest BCUT2D eigenvalue weighted by molar-refractivity contribution is 0.209. The van der Waals surface area contributed by atoms with Crippen molar-refractivity contribution in [1.29, 1.82) is 0 Å². The Bertz CT molecular complexity index is 480. The molecular weight excluding hydrogens is 267 g/mol. The van der Waals surface area contributed by atoms with Crippen LogP contribution in [0, 0.1) is 5.82 Å². The normalized spacial score (nSPS) is 16.9. The van der Waals surface area contributed by atoms with Gasteiger partial charge in [-0.1, -0.05) is 13.8 Å². The number of benzene rings is 1. The molecule has 4 heteroatoms. The summed E-state index contributed by atoms with van der Waals surface area (Å²) in [6, 6.07) is 4.04. The van der Waals surface area contributed by atoms with Crippen LogP contribution in [0.15, 0.2) is 12.1 Å². The summed E-state index contributed by atoms with van der Waals surface area (Å²) in [7, 11) is 1.65. The minimum Gasteiger partial charge on any atom is -0.496 e. The molecular formula is C17H27FN2O. The molecule has 1 fully saturated rings. The highest BCUT2D eigenvalue weighted by molar-refractivity contribution is 5.56. The summed E-state index contributed by atoms with van der Waals surface area (Å²) in [4.78, 5) is 4.55. The Morgan fingerprint density at radius 3 is 2.14 bits per heavy atom. The second kappa shape index (κ2) is 6.65. The number of hydrogen-bond acceptors (Lipinski definition) is 3. The summed E-state index contributed by atoms with van der Waals surface area (Å²) in [5.41, 5.74) is 1.60. The number of piperazine rings is 1. The molecule has 1 aromatic carbocycles. The van der Waals surface area contributed by atoms with E-state index in [4.69, 9.17) is 4.74 Å². The summed E-state index contributed by atoms with van der Waals surface area (Å²) in [5, 5.41) is 0. The van der Waals surface area contributed by atoms with Crippen LogP contribution in [-0.4, -0.2) is 44.2 Å².